The van der Waals surface area contributed by atoms with Gasteiger partial charge < -0.3 is 19.9 Å². The summed E-state index contributed by atoms with van der Waals surface area (Å²) in [6, 6.07) is 4.64. The van der Waals surface area contributed by atoms with Crippen LogP contribution in [-0.2, 0) is 36.0 Å². The highest BCUT2D eigenvalue weighted by atomic mass is 35.5. The number of nitrogens with zero attached hydrogens (tertiary/aromatic N) is 3. The molecule has 2 amide bonds. The van der Waals surface area contributed by atoms with E-state index in [9.17, 15) is 14.4 Å². The molecule has 196 valence electrons. The van der Waals surface area contributed by atoms with Gasteiger partial charge in [-0.15, -0.1) is 21.5 Å². The van der Waals surface area contributed by atoms with Gasteiger partial charge >= 0.3 is 5.97 Å². The smallest absolute Gasteiger partial charge is 0.341 e. The summed E-state index contributed by atoms with van der Waals surface area (Å²) in [7, 11) is 1.76. The number of aryl methyl sites for hydroxylation is 1. The highest BCUT2D eigenvalue weighted by Crippen LogP contribution is 2.40. The van der Waals surface area contributed by atoms with Crippen LogP contribution in [0.15, 0.2) is 23.4 Å². The van der Waals surface area contributed by atoms with E-state index in [-0.39, 0.29) is 30.0 Å². The van der Waals surface area contributed by atoms with Gasteiger partial charge in [-0.3, -0.25) is 9.59 Å². The normalized spacial score (nSPS) is 13.2. The molecule has 0 fully saturated rings. The van der Waals surface area contributed by atoms with Gasteiger partial charge in [-0.05, 0) is 56.9 Å². The lowest BCUT2D eigenvalue weighted by atomic mass is 10.1. The SMILES string of the molecule is CCOC(=O)c1c(NC(=O)C(C)Sc2nnc(CNC(=O)c3ccc(Cl)cc3Cl)n2C)sc2c1CCC2. The van der Waals surface area contributed by atoms with Gasteiger partial charge in [-0.1, -0.05) is 35.0 Å². The Labute approximate surface area is 232 Å². The van der Waals surface area contributed by atoms with E-state index in [4.69, 9.17) is 27.9 Å². The number of rotatable bonds is 9. The minimum atomic E-state index is -0.523. The number of aromatic nitrogens is 3. The predicted molar refractivity (Wildman–Crippen MR) is 145 cm³/mol. The zero-order valence-corrected chi connectivity index (χ0v) is 23.5. The quantitative estimate of drug-likeness (QED) is 0.273. The summed E-state index contributed by atoms with van der Waals surface area (Å²) in [5, 5.41) is 15.2. The number of hydrogen-bond donors (Lipinski definition) is 2. The van der Waals surface area contributed by atoms with Crippen LogP contribution in [0.3, 0.4) is 0 Å². The minimum Gasteiger partial charge on any atom is -0.462 e. The molecule has 13 heteroatoms. The van der Waals surface area contributed by atoms with Crippen LogP contribution >= 0.6 is 46.3 Å². The maximum atomic E-state index is 13.0. The van der Waals surface area contributed by atoms with Crippen LogP contribution in [-0.4, -0.2) is 44.4 Å². The fourth-order valence-electron chi connectivity index (χ4n) is 3.87. The Balaban J connectivity index is 1.39. The number of carbonyl (C=O) groups excluding carboxylic acids is 3. The van der Waals surface area contributed by atoms with Gasteiger partial charge in [0.05, 0.1) is 34.6 Å². The highest BCUT2D eigenvalue weighted by molar-refractivity contribution is 8.00. The van der Waals surface area contributed by atoms with Crippen molar-refractivity contribution >= 4 is 69.1 Å². The molecule has 2 aromatic heterocycles. The molecule has 0 radical (unpaired) electrons. The number of nitrogens with one attached hydrogen (secondary N) is 2. The van der Waals surface area contributed by atoms with E-state index in [0.29, 0.717) is 32.1 Å². The lowest BCUT2D eigenvalue weighted by Gasteiger charge is -2.12. The molecule has 1 aliphatic carbocycles. The van der Waals surface area contributed by atoms with Gasteiger partial charge in [0.15, 0.2) is 11.0 Å². The van der Waals surface area contributed by atoms with Crippen molar-refractivity contribution < 1.29 is 19.1 Å². The zero-order chi connectivity index (χ0) is 26.7. The average molecular weight is 583 g/mol. The van der Waals surface area contributed by atoms with E-state index < -0.39 is 11.2 Å². The second-order valence-corrected chi connectivity index (χ2v) is 11.6. The molecule has 37 heavy (non-hydrogen) atoms. The van der Waals surface area contributed by atoms with E-state index >= 15 is 0 Å². The zero-order valence-electron chi connectivity index (χ0n) is 20.4. The van der Waals surface area contributed by atoms with Crippen LogP contribution < -0.4 is 10.6 Å². The van der Waals surface area contributed by atoms with Crippen molar-refractivity contribution in [3.8, 4) is 0 Å². The second kappa shape index (κ2) is 11.8. The number of ether oxygens (including phenoxy) is 1. The molecule has 0 aliphatic heterocycles. The first-order valence-electron chi connectivity index (χ1n) is 11.6. The Hall–Kier alpha value is -2.60. The Kier molecular flexibility index (Phi) is 8.79. The van der Waals surface area contributed by atoms with Gasteiger partial charge in [0.2, 0.25) is 5.91 Å². The Morgan fingerprint density at radius 3 is 2.76 bits per heavy atom. The molecule has 1 atom stereocenters. The van der Waals surface area contributed by atoms with Crippen LogP contribution in [0.25, 0.3) is 0 Å². The number of esters is 1. The molecule has 0 bridgehead atoms. The third-order valence-corrected chi connectivity index (χ3v) is 8.69. The number of amides is 2. The summed E-state index contributed by atoms with van der Waals surface area (Å²) in [5.41, 5.74) is 1.76. The molecule has 1 aromatic carbocycles. The van der Waals surface area contributed by atoms with Crippen molar-refractivity contribution in [2.24, 2.45) is 7.05 Å². The lowest BCUT2D eigenvalue weighted by molar-refractivity contribution is -0.115. The maximum Gasteiger partial charge on any atom is 0.341 e. The molecule has 3 aromatic rings. The number of fused-ring (bicyclic) bond motifs is 1. The molecule has 2 heterocycles. The number of carbonyl (C=O) groups is 3. The fraction of sp³-hybridized carbons (Fsp3) is 0.375. The minimum absolute atomic E-state index is 0.117. The van der Waals surface area contributed by atoms with Gasteiger partial charge in [0.25, 0.3) is 5.91 Å². The third-order valence-electron chi connectivity index (χ3n) is 5.80. The van der Waals surface area contributed by atoms with Crippen molar-refractivity contribution in [3.63, 3.8) is 0 Å². The first-order chi connectivity index (χ1) is 17.7. The molecular weight excluding hydrogens is 557 g/mol. The largest absolute Gasteiger partial charge is 0.462 e. The first kappa shape index (κ1) is 27.4. The second-order valence-electron chi connectivity index (χ2n) is 8.30. The molecule has 9 nitrogen and oxygen atoms in total. The topological polar surface area (TPSA) is 115 Å². The maximum absolute atomic E-state index is 13.0. The fourth-order valence-corrected chi connectivity index (χ4v) is 6.47. The van der Waals surface area contributed by atoms with Gasteiger partial charge in [0, 0.05) is 16.9 Å². The number of halogens is 2. The van der Waals surface area contributed by atoms with E-state index in [0.717, 1.165) is 29.7 Å². The predicted octanol–water partition coefficient (Wildman–Crippen LogP) is 4.90. The van der Waals surface area contributed by atoms with Crippen molar-refractivity contribution in [2.45, 2.75) is 50.1 Å². The summed E-state index contributed by atoms with van der Waals surface area (Å²) >= 11 is 14.7. The molecule has 1 aliphatic rings. The third kappa shape index (κ3) is 6.11. The van der Waals surface area contributed by atoms with Crippen LogP contribution in [0.5, 0.6) is 0 Å². The molecule has 0 saturated heterocycles. The van der Waals surface area contributed by atoms with Crippen LogP contribution in [0.1, 0.15) is 57.2 Å². The molecule has 1 unspecified atom stereocenters. The summed E-state index contributed by atoms with van der Waals surface area (Å²) in [5.74, 6) is -0.525. The number of thioether (sulfide) groups is 1. The number of thiophene rings is 1. The Morgan fingerprint density at radius 2 is 2.03 bits per heavy atom. The standard InChI is InChI=1S/C24H25Cl2N5O4S2/c1-4-35-23(34)19-15-6-5-7-17(15)37-22(19)28-20(32)12(2)36-24-30-29-18(31(24)3)11-27-21(33)14-9-8-13(25)10-16(14)26/h8-10,12H,4-7,11H2,1-3H3,(H,27,33)(H,28,32). The van der Waals surface area contributed by atoms with E-state index in [2.05, 4.69) is 20.8 Å². The number of hydrogen-bond acceptors (Lipinski definition) is 8. The number of benzene rings is 1. The average Bonchev–Trinajstić information content (AvgIpc) is 3.53. The molecule has 4 rings (SSSR count). The summed E-state index contributed by atoms with van der Waals surface area (Å²) < 4.78 is 6.94. The van der Waals surface area contributed by atoms with Crippen molar-refractivity contribution in [2.75, 3.05) is 11.9 Å². The monoisotopic (exact) mass is 581 g/mol. The van der Waals surface area contributed by atoms with E-state index in [1.807, 2.05) is 0 Å². The van der Waals surface area contributed by atoms with Gasteiger partial charge in [-0.25, -0.2) is 4.79 Å². The Bertz CT molecular complexity index is 1360. The Morgan fingerprint density at radius 1 is 1.24 bits per heavy atom. The van der Waals surface area contributed by atoms with Crippen LogP contribution in [0.2, 0.25) is 10.0 Å². The van der Waals surface area contributed by atoms with Crippen LogP contribution in [0.4, 0.5) is 5.00 Å². The first-order valence-corrected chi connectivity index (χ1v) is 14.1. The van der Waals surface area contributed by atoms with E-state index in [1.54, 1.807) is 37.6 Å². The van der Waals surface area contributed by atoms with Crippen molar-refractivity contribution in [1.82, 2.24) is 20.1 Å². The summed E-state index contributed by atoms with van der Waals surface area (Å²) in [6.45, 7) is 3.90. The summed E-state index contributed by atoms with van der Waals surface area (Å²) in [6.07, 6.45) is 2.70. The molecule has 0 spiro atoms. The highest BCUT2D eigenvalue weighted by Gasteiger charge is 2.29. The molecule has 0 saturated carbocycles. The van der Waals surface area contributed by atoms with Crippen molar-refractivity contribution in [1.29, 1.82) is 0 Å². The van der Waals surface area contributed by atoms with Crippen LogP contribution in [0, 0.1) is 0 Å². The summed E-state index contributed by atoms with van der Waals surface area (Å²) in [4.78, 5) is 39.2. The van der Waals surface area contributed by atoms with Crippen molar-refractivity contribution in [3.05, 3.63) is 55.6 Å². The number of anilines is 1. The van der Waals surface area contributed by atoms with E-state index in [1.165, 1.54) is 29.2 Å². The van der Waals surface area contributed by atoms with Gasteiger partial charge in [-0.2, -0.15) is 0 Å². The lowest BCUT2D eigenvalue weighted by Crippen LogP contribution is -2.25. The van der Waals surface area contributed by atoms with Gasteiger partial charge in [0.1, 0.15) is 5.00 Å². The molecule has 2 N–H and O–H groups in total. The molecular formula is C24H25Cl2N5O4S2.